The highest BCUT2D eigenvalue weighted by Crippen LogP contribution is 2.41. The quantitative estimate of drug-likeness (QED) is 0.280. The zero-order valence-electron chi connectivity index (χ0n) is 26.7. The molecule has 45 heavy (non-hydrogen) atoms. The number of carbonyl (C=O) groups is 2. The zero-order valence-corrected chi connectivity index (χ0v) is 26.7. The van der Waals surface area contributed by atoms with E-state index in [9.17, 15) is 14.0 Å². The summed E-state index contributed by atoms with van der Waals surface area (Å²) in [5.41, 5.74) is 13.2. The van der Waals surface area contributed by atoms with E-state index in [-0.39, 0.29) is 30.8 Å². The second kappa shape index (κ2) is 11.9. The Labute approximate surface area is 264 Å². The van der Waals surface area contributed by atoms with Crippen molar-refractivity contribution in [1.82, 2.24) is 24.0 Å². The molecule has 9 heteroatoms. The zero-order chi connectivity index (χ0) is 31.4. The Hall–Kier alpha value is -3.72. The molecule has 1 aliphatic carbocycles. The van der Waals surface area contributed by atoms with Crippen molar-refractivity contribution in [2.24, 2.45) is 17.6 Å². The summed E-state index contributed by atoms with van der Waals surface area (Å²) in [6.45, 7) is 9.32. The van der Waals surface area contributed by atoms with Crippen molar-refractivity contribution in [3.05, 3.63) is 59.3 Å². The first-order valence-electron chi connectivity index (χ1n) is 16.7. The molecule has 7 rings (SSSR count). The van der Waals surface area contributed by atoms with Gasteiger partial charge in [-0.25, -0.2) is 8.91 Å². The Morgan fingerprint density at radius 1 is 1.04 bits per heavy atom. The topological polar surface area (TPSA) is 88.9 Å². The van der Waals surface area contributed by atoms with E-state index >= 15 is 0 Å². The van der Waals surface area contributed by atoms with Gasteiger partial charge in [-0.2, -0.15) is 5.10 Å². The van der Waals surface area contributed by atoms with Crippen molar-refractivity contribution >= 4 is 28.2 Å². The lowest BCUT2D eigenvalue weighted by Crippen LogP contribution is -2.50. The number of aromatic nitrogens is 3. The molecule has 1 aromatic carbocycles. The third kappa shape index (κ3) is 5.87. The van der Waals surface area contributed by atoms with E-state index in [2.05, 4.69) is 54.5 Å². The van der Waals surface area contributed by atoms with Crippen LogP contribution in [0.5, 0.6) is 0 Å². The minimum atomic E-state index is -1.10. The van der Waals surface area contributed by atoms with Gasteiger partial charge in [-0.15, -0.1) is 0 Å². The van der Waals surface area contributed by atoms with Gasteiger partial charge >= 0.3 is 0 Å². The summed E-state index contributed by atoms with van der Waals surface area (Å²) in [5.74, 6) is 1.51. The lowest BCUT2D eigenvalue weighted by atomic mass is 9.88. The highest BCUT2D eigenvalue weighted by atomic mass is 19.1. The first kappa shape index (κ1) is 30.0. The fourth-order valence-corrected chi connectivity index (χ4v) is 7.51. The fourth-order valence-electron chi connectivity index (χ4n) is 7.51. The third-order valence-electron chi connectivity index (χ3n) is 10.0. The number of fused-ring (bicyclic) bond motifs is 2. The lowest BCUT2D eigenvalue weighted by molar-refractivity contribution is -0.133. The van der Waals surface area contributed by atoms with Crippen LogP contribution in [0.3, 0.4) is 0 Å². The maximum absolute atomic E-state index is 14.2. The smallest absolute Gasteiger partial charge is 0.255 e. The summed E-state index contributed by atoms with van der Waals surface area (Å²) in [6.07, 6.45) is 6.02. The molecular formula is C36H45FN6O2. The number of amides is 2. The number of pyridine rings is 1. The molecule has 3 aromatic heterocycles. The molecule has 8 nitrogen and oxygen atoms in total. The van der Waals surface area contributed by atoms with Crippen molar-refractivity contribution in [3.8, 4) is 11.4 Å². The number of hydrogen-bond acceptors (Lipinski definition) is 4. The number of nitrogens with two attached hydrogens (primary N) is 1. The predicted molar refractivity (Wildman–Crippen MR) is 175 cm³/mol. The molecule has 0 radical (unpaired) electrons. The molecule has 2 amide bonds. The van der Waals surface area contributed by atoms with Crippen LogP contribution in [-0.2, 0) is 11.3 Å². The van der Waals surface area contributed by atoms with E-state index in [1.54, 1.807) is 10.7 Å². The van der Waals surface area contributed by atoms with Gasteiger partial charge in [0.2, 0.25) is 5.91 Å². The maximum Gasteiger partial charge on any atom is 0.255 e. The number of para-hydroxylation sites is 1. The van der Waals surface area contributed by atoms with E-state index in [1.165, 1.54) is 34.2 Å². The summed E-state index contributed by atoms with van der Waals surface area (Å²) >= 11 is 0. The molecule has 4 aromatic rings. The molecule has 1 saturated carbocycles. The van der Waals surface area contributed by atoms with Gasteiger partial charge in [0, 0.05) is 55.8 Å². The van der Waals surface area contributed by atoms with Crippen LogP contribution in [0.25, 0.3) is 27.8 Å². The van der Waals surface area contributed by atoms with Crippen LogP contribution < -0.4 is 5.73 Å². The van der Waals surface area contributed by atoms with Crippen molar-refractivity contribution < 1.29 is 14.0 Å². The Morgan fingerprint density at radius 3 is 2.53 bits per heavy atom. The summed E-state index contributed by atoms with van der Waals surface area (Å²) in [5, 5.41) is 6.28. The number of hydrogen-bond donors (Lipinski definition) is 1. The van der Waals surface area contributed by atoms with Gasteiger partial charge in [-0.3, -0.25) is 9.59 Å². The molecule has 5 heterocycles. The predicted octanol–water partition coefficient (Wildman–Crippen LogP) is 5.94. The normalized spacial score (nSPS) is 21.4. The minimum Gasteiger partial charge on any atom is -0.343 e. The molecule has 0 unspecified atom stereocenters. The van der Waals surface area contributed by atoms with Gasteiger partial charge in [-0.05, 0) is 80.5 Å². The molecule has 2 saturated heterocycles. The number of rotatable bonds is 7. The second-order valence-electron chi connectivity index (χ2n) is 14.1. The molecule has 0 spiro atoms. The van der Waals surface area contributed by atoms with E-state index in [0.29, 0.717) is 36.3 Å². The number of carbonyl (C=O) groups excluding carboxylic acids is 2. The monoisotopic (exact) mass is 612 g/mol. The van der Waals surface area contributed by atoms with Gasteiger partial charge in [0.25, 0.3) is 5.91 Å². The van der Waals surface area contributed by atoms with Gasteiger partial charge < -0.3 is 20.1 Å². The average Bonchev–Trinajstić information content (AvgIpc) is 3.68. The standard InChI is InChI=1S/C36H45FN6O2/c1-22(2)15-33(44)40-13-11-25(12-14-40)30-6-4-5-26-16-32(42(35(26)30)18-24-7-8-24)34-23(3)31-10-9-27(19-43(31)39-34)36(45)41-20-28(37)17-29(38)21-41/h4-6,9-10,16,19,22,24-25,28-29H,7-8,11-15,17-18,20-21,38H2,1-3H3/t28-,29-/m1/s1. The number of benzene rings is 1. The number of nitrogens with zero attached hydrogens (tertiary/aromatic N) is 5. The van der Waals surface area contributed by atoms with Crippen molar-refractivity contribution in [3.63, 3.8) is 0 Å². The highest BCUT2D eigenvalue weighted by molar-refractivity contribution is 5.95. The molecule has 2 atom stereocenters. The van der Waals surface area contributed by atoms with E-state index in [4.69, 9.17) is 10.8 Å². The van der Waals surface area contributed by atoms with E-state index < -0.39 is 6.17 Å². The fraction of sp³-hybridized carbons (Fsp3) is 0.528. The number of likely N-dealkylation sites (tertiary alicyclic amines) is 2. The van der Waals surface area contributed by atoms with Gasteiger partial charge in [0.15, 0.2) is 0 Å². The van der Waals surface area contributed by atoms with Gasteiger partial charge in [-0.1, -0.05) is 32.0 Å². The van der Waals surface area contributed by atoms with Crippen LogP contribution in [0, 0.1) is 18.8 Å². The van der Waals surface area contributed by atoms with Crippen LogP contribution in [0.15, 0.2) is 42.6 Å². The highest BCUT2D eigenvalue weighted by Gasteiger charge is 2.31. The molecular weight excluding hydrogens is 567 g/mol. The Kier molecular flexibility index (Phi) is 7.92. The maximum atomic E-state index is 14.2. The second-order valence-corrected chi connectivity index (χ2v) is 14.1. The molecule has 0 bridgehead atoms. The van der Waals surface area contributed by atoms with Gasteiger partial charge in [0.1, 0.15) is 11.9 Å². The Morgan fingerprint density at radius 2 is 1.82 bits per heavy atom. The summed E-state index contributed by atoms with van der Waals surface area (Å²) < 4.78 is 18.5. The van der Waals surface area contributed by atoms with Crippen molar-refractivity contribution in [2.75, 3.05) is 26.2 Å². The van der Waals surface area contributed by atoms with Crippen LogP contribution in [0.4, 0.5) is 4.39 Å². The summed E-state index contributed by atoms with van der Waals surface area (Å²) in [4.78, 5) is 29.7. The molecule has 2 N–H and O–H groups in total. The Bertz CT molecular complexity index is 1740. The number of alkyl halides is 1. The molecule has 3 fully saturated rings. The van der Waals surface area contributed by atoms with E-state index in [0.717, 1.165) is 54.9 Å². The first-order valence-corrected chi connectivity index (χ1v) is 16.7. The number of piperidine rings is 2. The van der Waals surface area contributed by atoms with Crippen LogP contribution in [0.1, 0.15) is 79.8 Å². The summed E-state index contributed by atoms with van der Waals surface area (Å²) in [6, 6.07) is 12.4. The molecule has 3 aliphatic rings. The average molecular weight is 613 g/mol. The third-order valence-corrected chi connectivity index (χ3v) is 10.0. The molecule has 2 aliphatic heterocycles. The number of halogens is 1. The number of aryl methyl sites for hydroxylation is 1. The minimum absolute atomic E-state index is 0.0742. The van der Waals surface area contributed by atoms with Crippen LogP contribution in [0.2, 0.25) is 0 Å². The summed E-state index contributed by atoms with van der Waals surface area (Å²) in [7, 11) is 0. The van der Waals surface area contributed by atoms with E-state index in [1.807, 2.05) is 12.1 Å². The van der Waals surface area contributed by atoms with Crippen molar-refractivity contribution in [2.45, 2.75) is 84.0 Å². The van der Waals surface area contributed by atoms with Crippen LogP contribution >= 0.6 is 0 Å². The first-order chi connectivity index (χ1) is 21.7. The van der Waals surface area contributed by atoms with Crippen molar-refractivity contribution in [1.29, 1.82) is 0 Å². The molecule has 238 valence electrons. The SMILES string of the molecule is Cc1c(-c2cc3cccc(C4CCN(C(=O)CC(C)C)CC4)c3n2CC2CC2)nn2cc(C(=O)N3C[C@H](N)C[C@@H](F)C3)ccc12. The van der Waals surface area contributed by atoms with Crippen LogP contribution in [-0.4, -0.2) is 74.2 Å². The largest absolute Gasteiger partial charge is 0.343 e. The van der Waals surface area contributed by atoms with Gasteiger partial charge in [0.05, 0.1) is 28.8 Å². The Balaban J connectivity index is 1.23. The lowest BCUT2D eigenvalue weighted by Gasteiger charge is -2.33.